The zero-order valence-corrected chi connectivity index (χ0v) is 11.9. The molecule has 106 valence electrons. The first kappa shape index (κ1) is 13.1. The summed E-state index contributed by atoms with van der Waals surface area (Å²) in [6.45, 7) is 3.19. The highest BCUT2D eigenvalue weighted by Crippen LogP contribution is 2.24. The van der Waals surface area contributed by atoms with Gasteiger partial charge in [-0.2, -0.15) is 5.10 Å². The van der Waals surface area contributed by atoms with Gasteiger partial charge in [0.05, 0.1) is 18.4 Å². The van der Waals surface area contributed by atoms with Crippen LogP contribution in [0.5, 0.6) is 0 Å². The second kappa shape index (κ2) is 5.61. The van der Waals surface area contributed by atoms with Gasteiger partial charge in [0, 0.05) is 38.3 Å². The molecule has 3 rings (SSSR count). The second-order valence-electron chi connectivity index (χ2n) is 5.74. The van der Waals surface area contributed by atoms with E-state index in [-0.39, 0.29) is 6.10 Å². The predicted octanol–water partition coefficient (Wildman–Crippen LogP) is 0.414. The smallest absolute Gasteiger partial charge is 0.0859 e. The largest absolute Gasteiger partial charge is 0.374 e. The summed E-state index contributed by atoms with van der Waals surface area (Å²) in [6.07, 6.45) is 5.84. The van der Waals surface area contributed by atoms with Gasteiger partial charge in [0.2, 0.25) is 0 Å². The van der Waals surface area contributed by atoms with Gasteiger partial charge in [-0.15, -0.1) is 0 Å². The van der Waals surface area contributed by atoms with E-state index in [4.69, 9.17) is 4.74 Å². The van der Waals surface area contributed by atoms with Gasteiger partial charge in [0.25, 0.3) is 0 Å². The van der Waals surface area contributed by atoms with E-state index in [1.807, 2.05) is 25.0 Å². The maximum atomic E-state index is 6.09. The minimum atomic E-state index is 0.279. The summed E-state index contributed by atoms with van der Waals surface area (Å²) >= 11 is 0. The fourth-order valence-electron chi connectivity index (χ4n) is 3.30. The Balaban J connectivity index is 1.62. The maximum Gasteiger partial charge on any atom is 0.0859 e. The van der Waals surface area contributed by atoms with Crippen molar-refractivity contribution in [2.24, 2.45) is 7.05 Å². The van der Waals surface area contributed by atoms with Crippen LogP contribution in [0.15, 0.2) is 12.3 Å². The zero-order valence-electron chi connectivity index (χ0n) is 11.9. The summed E-state index contributed by atoms with van der Waals surface area (Å²) in [7, 11) is 3.98. The lowest BCUT2D eigenvalue weighted by atomic mass is 10.0. The first-order chi connectivity index (χ1) is 9.26. The Bertz CT molecular complexity index is 419. The van der Waals surface area contributed by atoms with E-state index in [9.17, 15) is 0 Å². The van der Waals surface area contributed by atoms with Crippen molar-refractivity contribution in [3.63, 3.8) is 0 Å². The van der Waals surface area contributed by atoms with Crippen molar-refractivity contribution < 1.29 is 4.74 Å². The third kappa shape index (κ3) is 2.83. The summed E-state index contributed by atoms with van der Waals surface area (Å²) in [6, 6.07) is 3.10. The molecule has 19 heavy (non-hydrogen) atoms. The molecule has 2 fully saturated rings. The monoisotopic (exact) mass is 264 g/mol. The molecule has 3 unspecified atom stereocenters. The number of nitrogens with zero attached hydrogens (tertiary/aromatic N) is 3. The number of fused-ring (bicyclic) bond motifs is 1. The molecular formula is C14H24N4O. The lowest BCUT2D eigenvalue weighted by Crippen LogP contribution is -2.54. The highest BCUT2D eigenvalue weighted by Gasteiger charge is 2.35. The lowest BCUT2D eigenvalue weighted by Gasteiger charge is -2.38. The molecule has 0 amide bonds. The van der Waals surface area contributed by atoms with Crippen LogP contribution >= 0.6 is 0 Å². The van der Waals surface area contributed by atoms with Crippen molar-refractivity contribution in [1.29, 1.82) is 0 Å². The highest BCUT2D eigenvalue weighted by molar-refractivity contribution is 5.03. The molecule has 1 aromatic rings. The molecule has 3 atom stereocenters. The number of aryl methyl sites for hydroxylation is 1. The molecule has 1 N–H and O–H groups in total. The van der Waals surface area contributed by atoms with E-state index in [1.54, 1.807) is 0 Å². The van der Waals surface area contributed by atoms with E-state index in [2.05, 4.69) is 21.4 Å². The third-order valence-corrected chi connectivity index (χ3v) is 4.43. The Morgan fingerprint density at radius 1 is 1.58 bits per heavy atom. The average Bonchev–Trinajstić information content (AvgIpc) is 3.03. The number of hydrogen-bond donors (Lipinski definition) is 1. The van der Waals surface area contributed by atoms with Crippen molar-refractivity contribution in [3.05, 3.63) is 18.0 Å². The summed E-state index contributed by atoms with van der Waals surface area (Å²) in [5.41, 5.74) is 1.13. The number of hydrogen-bond acceptors (Lipinski definition) is 4. The molecule has 0 spiro atoms. The number of likely N-dealkylation sites (N-methyl/N-ethyl adjacent to an activating group) is 1. The Labute approximate surface area is 114 Å². The Kier molecular flexibility index (Phi) is 3.86. The number of morpholine rings is 1. The van der Waals surface area contributed by atoms with Gasteiger partial charge < -0.3 is 10.1 Å². The van der Waals surface area contributed by atoms with Crippen LogP contribution in [-0.2, 0) is 18.2 Å². The number of nitrogens with one attached hydrogen (secondary N) is 1. The fourth-order valence-corrected chi connectivity index (χ4v) is 3.30. The topological polar surface area (TPSA) is 42.3 Å². The first-order valence-electron chi connectivity index (χ1n) is 7.27. The molecule has 0 aromatic carbocycles. The van der Waals surface area contributed by atoms with Gasteiger partial charge in [-0.1, -0.05) is 0 Å². The third-order valence-electron chi connectivity index (χ3n) is 4.43. The average molecular weight is 264 g/mol. The van der Waals surface area contributed by atoms with Crippen molar-refractivity contribution in [1.82, 2.24) is 20.0 Å². The minimum Gasteiger partial charge on any atom is -0.374 e. The molecule has 2 aliphatic rings. The molecule has 3 heterocycles. The van der Waals surface area contributed by atoms with Crippen LogP contribution in [-0.4, -0.2) is 59.6 Å². The molecule has 0 saturated carbocycles. The van der Waals surface area contributed by atoms with Crippen molar-refractivity contribution >= 4 is 0 Å². The van der Waals surface area contributed by atoms with E-state index < -0.39 is 0 Å². The second-order valence-corrected chi connectivity index (χ2v) is 5.74. The standard InChI is InChI=1S/C14H24N4O/c1-15-13(8-11-5-7-17(2)16-11)14-9-18-6-3-4-12(18)10-19-14/h5,7,12-15H,3-4,6,8-10H2,1-2H3. The van der Waals surface area contributed by atoms with Crippen LogP contribution in [0.2, 0.25) is 0 Å². The summed E-state index contributed by atoms with van der Waals surface area (Å²) < 4.78 is 7.95. The molecule has 5 heteroatoms. The van der Waals surface area contributed by atoms with Crippen LogP contribution in [0.4, 0.5) is 0 Å². The van der Waals surface area contributed by atoms with E-state index in [0.717, 1.165) is 25.3 Å². The molecule has 1 aromatic heterocycles. The number of aromatic nitrogens is 2. The van der Waals surface area contributed by atoms with Crippen LogP contribution in [0.25, 0.3) is 0 Å². The maximum absolute atomic E-state index is 6.09. The molecule has 0 radical (unpaired) electrons. The first-order valence-corrected chi connectivity index (χ1v) is 7.27. The molecular weight excluding hydrogens is 240 g/mol. The zero-order chi connectivity index (χ0) is 13.2. The van der Waals surface area contributed by atoms with Crippen LogP contribution in [0.3, 0.4) is 0 Å². The molecule has 5 nitrogen and oxygen atoms in total. The van der Waals surface area contributed by atoms with Crippen molar-refractivity contribution in [2.45, 2.75) is 37.5 Å². The van der Waals surface area contributed by atoms with Gasteiger partial charge >= 0.3 is 0 Å². The quantitative estimate of drug-likeness (QED) is 0.855. The summed E-state index contributed by atoms with van der Waals surface area (Å²) in [5.74, 6) is 0. The summed E-state index contributed by atoms with van der Waals surface area (Å²) in [5, 5.41) is 7.88. The molecule has 0 aliphatic carbocycles. The molecule has 2 aliphatic heterocycles. The summed E-state index contributed by atoms with van der Waals surface area (Å²) in [4.78, 5) is 2.59. The number of rotatable bonds is 4. The van der Waals surface area contributed by atoms with Gasteiger partial charge in [0.15, 0.2) is 0 Å². The van der Waals surface area contributed by atoms with Gasteiger partial charge in [-0.3, -0.25) is 9.58 Å². The van der Waals surface area contributed by atoms with Gasteiger partial charge in [-0.05, 0) is 32.5 Å². The molecule has 2 saturated heterocycles. The van der Waals surface area contributed by atoms with E-state index in [1.165, 1.54) is 19.4 Å². The van der Waals surface area contributed by atoms with Crippen molar-refractivity contribution in [2.75, 3.05) is 26.7 Å². The van der Waals surface area contributed by atoms with Gasteiger partial charge in [0.1, 0.15) is 0 Å². The van der Waals surface area contributed by atoms with Gasteiger partial charge in [-0.25, -0.2) is 0 Å². The van der Waals surface area contributed by atoms with Crippen LogP contribution < -0.4 is 5.32 Å². The van der Waals surface area contributed by atoms with Crippen molar-refractivity contribution in [3.8, 4) is 0 Å². The number of ether oxygens (including phenoxy) is 1. The SMILES string of the molecule is CNC(Cc1ccn(C)n1)C1CN2CCCC2CO1. The van der Waals surface area contributed by atoms with Crippen LogP contribution in [0.1, 0.15) is 18.5 Å². The fraction of sp³-hybridized carbons (Fsp3) is 0.786. The normalized spacial score (nSPS) is 29.4. The van der Waals surface area contributed by atoms with Crippen LogP contribution in [0, 0.1) is 0 Å². The molecule has 0 bridgehead atoms. The predicted molar refractivity (Wildman–Crippen MR) is 74.1 cm³/mol. The van der Waals surface area contributed by atoms with E-state index in [0.29, 0.717) is 12.1 Å². The van der Waals surface area contributed by atoms with E-state index >= 15 is 0 Å². The Morgan fingerprint density at radius 3 is 3.21 bits per heavy atom. The Morgan fingerprint density at radius 2 is 2.47 bits per heavy atom. The minimum absolute atomic E-state index is 0.279. The lowest BCUT2D eigenvalue weighted by molar-refractivity contribution is -0.0635. The Hall–Kier alpha value is -0.910. The highest BCUT2D eigenvalue weighted by atomic mass is 16.5.